The molecule has 0 radical (unpaired) electrons. The Morgan fingerprint density at radius 2 is 1.69 bits per heavy atom. The molecule has 0 saturated heterocycles. The Labute approximate surface area is 223 Å². The van der Waals surface area contributed by atoms with Gasteiger partial charge in [0.1, 0.15) is 11.6 Å². The van der Waals surface area contributed by atoms with Crippen LogP contribution in [-0.2, 0) is 23.1 Å². The van der Waals surface area contributed by atoms with Gasteiger partial charge in [-0.1, -0.05) is 12.1 Å². The van der Waals surface area contributed by atoms with Crippen molar-refractivity contribution in [2.45, 2.75) is 18.0 Å². The summed E-state index contributed by atoms with van der Waals surface area (Å²) in [7, 11) is -2.52. The van der Waals surface area contributed by atoms with Crippen molar-refractivity contribution >= 4 is 38.9 Å². The number of methoxy groups -OCH3 is 1. The average molecular weight is 552 g/mol. The molecule has 4 aromatic rings. The number of halogens is 2. The van der Waals surface area contributed by atoms with E-state index in [1.807, 2.05) is 24.3 Å². The summed E-state index contributed by atoms with van der Waals surface area (Å²) >= 11 is 0. The van der Waals surface area contributed by atoms with Gasteiger partial charge in [-0.05, 0) is 66.2 Å². The number of anilines is 4. The number of amides is 2. The first kappa shape index (κ1) is 25.9. The number of urea groups is 1. The normalized spacial score (nSPS) is 12.9. The Morgan fingerprint density at radius 1 is 0.974 bits per heavy atom. The summed E-state index contributed by atoms with van der Waals surface area (Å²) < 4.78 is 59.3. The van der Waals surface area contributed by atoms with Gasteiger partial charge in [-0.25, -0.2) is 27.0 Å². The van der Waals surface area contributed by atoms with E-state index < -0.39 is 26.6 Å². The molecule has 9 nitrogen and oxygen atoms in total. The van der Waals surface area contributed by atoms with Gasteiger partial charge in [0.2, 0.25) is 0 Å². The maximum atomic E-state index is 13.5. The lowest BCUT2D eigenvalue weighted by Gasteiger charge is -2.30. The second-order valence-corrected chi connectivity index (χ2v) is 10.4. The number of benzene rings is 3. The summed E-state index contributed by atoms with van der Waals surface area (Å²) in [5, 5.41) is 6.10. The summed E-state index contributed by atoms with van der Waals surface area (Å²) in [6.07, 6.45) is 1.57. The summed E-state index contributed by atoms with van der Waals surface area (Å²) in [4.78, 5) is 18.2. The van der Waals surface area contributed by atoms with Crippen LogP contribution < -0.4 is 20.1 Å². The van der Waals surface area contributed by atoms with E-state index in [-0.39, 0.29) is 11.7 Å². The monoisotopic (exact) mass is 551 g/mol. The molecule has 1 aliphatic heterocycles. The molecule has 3 aromatic carbocycles. The Kier molecular flexibility index (Phi) is 7.03. The fraction of sp³-hybridized carbons (Fsp3) is 0.111. The molecule has 0 aliphatic carbocycles. The standard InChI is InChI=1S/C27H23F2N5O4S/c1-38-20-8-2-17(3-9-20)15-34-16-22-25(12-13-30-26(22)32-27(34)35)31-18-4-6-19(7-5-18)33-39(36,37)21-10-11-23(28)24(29)14-21/h2-14,33H,15-16H2,1H3,(H2,30,31,32,35). The lowest BCUT2D eigenvalue weighted by Crippen LogP contribution is -2.38. The molecule has 1 aliphatic rings. The van der Waals surface area contributed by atoms with Gasteiger partial charge in [0.05, 0.1) is 18.6 Å². The van der Waals surface area contributed by atoms with Crippen LogP contribution in [0.4, 0.5) is 36.5 Å². The number of nitrogens with one attached hydrogen (secondary N) is 3. The second kappa shape index (κ2) is 10.6. The van der Waals surface area contributed by atoms with Crippen LogP contribution in [0.1, 0.15) is 11.1 Å². The highest BCUT2D eigenvalue weighted by Crippen LogP contribution is 2.31. The first-order valence-electron chi connectivity index (χ1n) is 11.7. The molecule has 2 amide bonds. The van der Waals surface area contributed by atoms with E-state index in [1.165, 1.54) is 12.1 Å². The van der Waals surface area contributed by atoms with Gasteiger partial charge in [-0.15, -0.1) is 0 Å². The number of carbonyl (C=O) groups is 1. The van der Waals surface area contributed by atoms with Gasteiger partial charge in [-0.3, -0.25) is 10.0 Å². The Morgan fingerprint density at radius 3 is 2.38 bits per heavy atom. The first-order valence-corrected chi connectivity index (χ1v) is 13.2. The fourth-order valence-electron chi connectivity index (χ4n) is 4.03. The number of carbonyl (C=O) groups excluding carboxylic acids is 1. The zero-order valence-corrected chi connectivity index (χ0v) is 21.4. The lowest BCUT2D eigenvalue weighted by molar-refractivity contribution is 0.203. The van der Waals surface area contributed by atoms with Gasteiger partial charge in [0.25, 0.3) is 10.0 Å². The molecule has 200 valence electrons. The number of hydrogen-bond donors (Lipinski definition) is 3. The zero-order valence-electron chi connectivity index (χ0n) is 20.6. The third-order valence-electron chi connectivity index (χ3n) is 6.07. The Balaban J connectivity index is 1.30. The van der Waals surface area contributed by atoms with Crippen LogP contribution in [0.15, 0.2) is 83.9 Å². The highest BCUT2D eigenvalue weighted by molar-refractivity contribution is 7.92. The molecular formula is C27H23F2N5O4S. The van der Waals surface area contributed by atoms with Crippen molar-refractivity contribution in [1.29, 1.82) is 0 Å². The van der Waals surface area contributed by atoms with Crippen molar-refractivity contribution in [2.75, 3.05) is 22.5 Å². The van der Waals surface area contributed by atoms with E-state index in [1.54, 1.807) is 36.4 Å². The maximum absolute atomic E-state index is 13.5. The van der Waals surface area contributed by atoms with Gasteiger partial charge in [0.15, 0.2) is 11.6 Å². The zero-order chi connectivity index (χ0) is 27.6. The van der Waals surface area contributed by atoms with Gasteiger partial charge >= 0.3 is 6.03 Å². The van der Waals surface area contributed by atoms with Crippen molar-refractivity contribution in [2.24, 2.45) is 0 Å². The molecule has 5 rings (SSSR count). The minimum atomic E-state index is -4.12. The van der Waals surface area contributed by atoms with E-state index >= 15 is 0 Å². The minimum Gasteiger partial charge on any atom is -0.497 e. The molecule has 39 heavy (non-hydrogen) atoms. The summed E-state index contributed by atoms with van der Waals surface area (Å²) in [6.45, 7) is 0.700. The summed E-state index contributed by atoms with van der Waals surface area (Å²) in [6, 6.07) is 17.7. The quantitative estimate of drug-likeness (QED) is 0.268. The molecule has 3 N–H and O–H groups in total. The smallest absolute Gasteiger partial charge is 0.323 e. The number of nitrogens with zero attached hydrogens (tertiary/aromatic N) is 2. The minimum absolute atomic E-state index is 0.236. The molecule has 0 spiro atoms. The lowest BCUT2D eigenvalue weighted by atomic mass is 10.1. The number of sulfonamides is 1. The number of pyridine rings is 1. The highest BCUT2D eigenvalue weighted by atomic mass is 32.2. The van der Waals surface area contributed by atoms with Gasteiger partial charge < -0.3 is 15.0 Å². The highest BCUT2D eigenvalue weighted by Gasteiger charge is 2.26. The van der Waals surface area contributed by atoms with Crippen LogP contribution in [0.5, 0.6) is 5.75 Å². The van der Waals surface area contributed by atoms with Crippen LogP contribution >= 0.6 is 0 Å². The molecule has 0 saturated carbocycles. The predicted octanol–water partition coefficient (Wildman–Crippen LogP) is 5.46. The molecule has 0 fully saturated rings. The van der Waals surface area contributed by atoms with Crippen LogP contribution in [0.25, 0.3) is 0 Å². The van der Waals surface area contributed by atoms with E-state index in [2.05, 4.69) is 20.3 Å². The second-order valence-electron chi connectivity index (χ2n) is 8.70. The van der Waals surface area contributed by atoms with Crippen LogP contribution in [0, 0.1) is 11.6 Å². The van der Waals surface area contributed by atoms with E-state index in [9.17, 15) is 22.0 Å². The molecule has 0 atom stereocenters. The summed E-state index contributed by atoms with van der Waals surface area (Å²) in [5.74, 6) is -1.21. The molecule has 0 bridgehead atoms. The molecule has 0 unspecified atom stereocenters. The van der Waals surface area contributed by atoms with Crippen molar-refractivity contribution in [3.8, 4) is 5.75 Å². The van der Waals surface area contributed by atoms with E-state index in [0.29, 0.717) is 30.7 Å². The number of hydrogen-bond acceptors (Lipinski definition) is 6. The SMILES string of the molecule is COc1ccc(CN2Cc3c(Nc4ccc(NS(=O)(=O)c5ccc(F)c(F)c5)cc4)ccnc3NC2=O)cc1. The number of fused-ring (bicyclic) bond motifs is 1. The number of aromatic nitrogens is 1. The topological polar surface area (TPSA) is 113 Å². The van der Waals surface area contributed by atoms with Crippen molar-refractivity contribution in [3.63, 3.8) is 0 Å². The first-order chi connectivity index (χ1) is 18.7. The van der Waals surface area contributed by atoms with Crippen LogP contribution in [0.3, 0.4) is 0 Å². The van der Waals surface area contributed by atoms with Crippen LogP contribution in [0.2, 0.25) is 0 Å². The third-order valence-corrected chi connectivity index (χ3v) is 7.45. The van der Waals surface area contributed by atoms with Crippen LogP contribution in [-0.4, -0.2) is 31.4 Å². The van der Waals surface area contributed by atoms with E-state index in [0.717, 1.165) is 34.7 Å². The van der Waals surface area contributed by atoms with Crippen molar-refractivity contribution < 1.29 is 26.7 Å². The Hall–Kier alpha value is -4.71. The third kappa shape index (κ3) is 5.75. The molecule has 12 heteroatoms. The van der Waals surface area contributed by atoms with Crippen molar-refractivity contribution in [3.05, 3.63) is 102 Å². The molecular weight excluding hydrogens is 528 g/mol. The van der Waals surface area contributed by atoms with E-state index in [4.69, 9.17) is 4.74 Å². The predicted molar refractivity (Wildman–Crippen MR) is 142 cm³/mol. The maximum Gasteiger partial charge on any atom is 0.323 e. The van der Waals surface area contributed by atoms with Crippen molar-refractivity contribution in [1.82, 2.24) is 9.88 Å². The Bertz CT molecular complexity index is 1630. The fourth-order valence-corrected chi connectivity index (χ4v) is 5.10. The van der Waals surface area contributed by atoms with Gasteiger partial charge in [0, 0.05) is 35.4 Å². The number of rotatable bonds is 8. The number of ether oxygens (including phenoxy) is 1. The average Bonchev–Trinajstić information content (AvgIpc) is 2.92. The van der Waals surface area contributed by atoms with Gasteiger partial charge in [-0.2, -0.15) is 0 Å². The molecule has 1 aromatic heterocycles. The molecule has 2 heterocycles. The largest absolute Gasteiger partial charge is 0.497 e. The summed E-state index contributed by atoms with van der Waals surface area (Å²) in [5.41, 5.74) is 3.33.